The Morgan fingerprint density at radius 3 is 2.38 bits per heavy atom. The van der Waals surface area contributed by atoms with Crippen molar-refractivity contribution >= 4 is 11.9 Å². The third kappa shape index (κ3) is 3.42. The highest BCUT2D eigenvalue weighted by atomic mass is 16.4. The van der Waals surface area contributed by atoms with Gasteiger partial charge in [-0.2, -0.15) is 0 Å². The van der Waals surface area contributed by atoms with Crippen molar-refractivity contribution in [2.75, 3.05) is 31.1 Å². The van der Waals surface area contributed by atoms with Gasteiger partial charge in [0.25, 0.3) is 0 Å². The number of aromatic nitrogens is 2. The van der Waals surface area contributed by atoms with Crippen molar-refractivity contribution in [1.82, 2.24) is 15.1 Å². The molecule has 0 atom stereocenters. The zero-order valence-electron chi connectivity index (χ0n) is 14.3. The van der Waals surface area contributed by atoms with Crippen LogP contribution in [0.5, 0.6) is 0 Å². The van der Waals surface area contributed by atoms with Crippen LogP contribution >= 0.6 is 0 Å². The molecule has 0 aliphatic carbocycles. The molecule has 1 aromatic carbocycles. The van der Waals surface area contributed by atoms with E-state index in [2.05, 4.69) is 28.9 Å². The van der Waals surface area contributed by atoms with E-state index in [0.29, 0.717) is 25.0 Å². The molecule has 0 radical (unpaired) electrons. The third-order valence-corrected chi connectivity index (χ3v) is 4.63. The van der Waals surface area contributed by atoms with Gasteiger partial charge in [0.15, 0.2) is 0 Å². The maximum atomic E-state index is 12.4. The largest absolute Gasteiger partial charge is 0.403 e. The Hall–Kier alpha value is -2.37. The van der Waals surface area contributed by atoms with Crippen molar-refractivity contribution in [3.8, 4) is 11.5 Å². The fourth-order valence-corrected chi connectivity index (χ4v) is 3.05. The van der Waals surface area contributed by atoms with E-state index in [0.717, 1.165) is 31.5 Å². The quantitative estimate of drug-likeness (QED) is 0.844. The molecule has 128 valence electrons. The van der Waals surface area contributed by atoms with E-state index in [1.165, 1.54) is 0 Å². The molecule has 1 saturated heterocycles. The van der Waals surface area contributed by atoms with E-state index in [4.69, 9.17) is 4.42 Å². The lowest BCUT2D eigenvalue weighted by Crippen LogP contribution is -2.50. The van der Waals surface area contributed by atoms with Crippen LogP contribution in [-0.2, 0) is 4.79 Å². The van der Waals surface area contributed by atoms with Crippen LogP contribution in [0.1, 0.15) is 26.7 Å². The number of nitrogens with zero attached hydrogens (tertiary/aromatic N) is 4. The summed E-state index contributed by atoms with van der Waals surface area (Å²) >= 11 is 0. The Morgan fingerprint density at radius 2 is 1.75 bits per heavy atom. The SMILES string of the molecule is CCC(CC)C(=O)N1CCN(c2nnc(-c3ccccc3)o2)CC1. The van der Waals surface area contributed by atoms with Crippen molar-refractivity contribution in [3.63, 3.8) is 0 Å². The summed E-state index contributed by atoms with van der Waals surface area (Å²) in [5.74, 6) is 0.945. The van der Waals surface area contributed by atoms with Gasteiger partial charge in [-0.3, -0.25) is 4.79 Å². The van der Waals surface area contributed by atoms with Crippen LogP contribution in [0.2, 0.25) is 0 Å². The van der Waals surface area contributed by atoms with Crippen molar-refractivity contribution in [2.45, 2.75) is 26.7 Å². The Balaban J connectivity index is 1.61. The summed E-state index contributed by atoms with van der Waals surface area (Å²) in [7, 11) is 0. The Bertz CT molecular complexity index is 659. The first-order valence-corrected chi connectivity index (χ1v) is 8.65. The maximum Gasteiger partial charge on any atom is 0.318 e. The minimum atomic E-state index is 0.143. The Morgan fingerprint density at radius 1 is 1.08 bits per heavy atom. The Labute approximate surface area is 142 Å². The van der Waals surface area contributed by atoms with Crippen LogP contribution in [0.25, 0.3) is 11.5 Å². The highest BCUT2D eigenvalue weighted by Gasteiger charge is 2.27. The molecular formula is C18H24N4O2. The van der Waals surface area contributed by atoms with Gasteiger partial charge in [-0.1, -0.05) is 37.1 Å². The number of carbonyl (C=O) groups is 1. The molecular weight excluding hydrogens is 304 g/mol. The molecule has 0 spiro atoms. The van der Waals surface area contributed by atoms with E-state index in [1.54, 1.807) is 0 Å². The van der Waals surface area contributed by atoms with Gasteiger partial charge >= 0.3 is 6.01 Å². The van der Waals surface area contributed by atoms with Crippen LogP contribution in [0, 0.1) is 5.92 Å². The monoisotopic (exact) mass is 328 g/mol. The lowest BCUT2D eigenvalue weighted by Gasteiger charge is -2.35. The summed E-state index contributed by atoms with van der Waals surface area (Å²) in [6, 6.07) is 10.3. The molecule has 3 rings (SSSR count). The molecule has 1 amide bonds. The number of hydrogen-bond donors (Lipinski definition) is 0. The minimum Gasteiger partial charge on any atom is -0.403 e. The third-order valence-electron chi connectivity index (χ3n) is 4.63. The number of amides is 1. The van der Waals surface area contributed by atoms with Crippen LogP contribution in [0.3, 0.4) is 0 Å². The van der Waals surface area contributed by atoms with Gasteiger partial charge in [0.05, 0.1) is 0 Å². The average Bonchev–Trinajstić information content (AvgIpc) is 3.14. The van der Waals surface area contributed by atoms with E-state index < -0.39 is 0 Å². The van der Waals surface area contributed by atoms with E-state index in [1.807, 2.05) is 35.2 Å². The summed E-state index contributed by atoms with van der Waals surface area (Å²) in [5, 5.41) is 8.29. The van der Waals surface area contributed by atoms with Gasteiger partial charge in [0, 0.05) is 37.7 Å². The van der Waals surface area contributed by atoms with Crippen LogP contribution in [-0.4, -0.2) is 47.2 Å². The first-order valence-electron chi connectivity index (χ1n) is 8.65. The predicted molar refractivity (Wildman–Crippen MR) is 92.6 cm³/mol. The summed E-state index contributed by atoms with van der Waals surface area (Å²) in [6.07, 6.45) is 1.80. The normalized spacial score (nSPS) is 15.1. The van der Waals surface area contributed by atoms with Crippen molar-refractivity contribution < 1.29 is 9.21 Å². The number of hydrogen-bond acceptors (Lipinski definition) is 5. The maximum absolute atomic E-state index is 12.4. The second-order valence-corrected chi connectivity index (χ2v) is 6.08. The van der Waals surface area contributed by atoms with Gasteiger partial charge in [-0.15, -0.1) is 5.10 Å². The highest BCUT2D eigenvalue weighted by Crippen LogP contribution is 2.23. The topological polar surface area (TPSA) is 62.5 Å². The summed E-state index contributed by atoms with van der Waals surface area (Å²) in [5.41, 5.74) is 0.916. The van der Waals surface area contributed by atoms with Crippen molar-refractivity contribution in [1.29, 1.82) is 0 Å². The highest BCUT2D eigenvalue weighted by molar-refractivity contribution is 5.79. The van der Waals surface area contributed by atoms with Crippen LogP contribution < -0.4 is 4.90 Å². The number of rotatable bonds is 5. The Kier molecular flexibility index (Phi) is 5.13. The molecule has 0 unspecified atom stereocenters. The number of anilines is 1. The first-order chi connectivity index (χ1) is 11.7. The molecule has 2 aromatic rings. The average molecular weight is 328 g/mol. The fourth-order valence-electron chi connectivity index (χ4n) is 3.05. The summed E-state index contributed by atoms with van der Waals surface area (Å²) < 4.78 is 5.79. The zero-order chi connectivity index (χ0) is 16.9. The smallest absolute Gasteiger partial charge is 0.318 e. The molecule has 6 nitrogen and oxygen atoms in total. The zero-order valence-corrected chi connectivity index (χ0v) is 14.3. The van der Waals surface area contributed by atoms with Crippen molar-refractivity contribution in [2.24, 2.45) is 5.92 Å². The minimum absolute atomic E-state index is 0.143. The second-order valence-electron chi connectivity index (χ2n) is 6.08. The van der Waals surface area contributed by atoms with Gasteiger partial charge in [0.2, 0.25) is 11.8 Å². The molecule has 1 fully saturated rings. The molecule has 0 N–H and O–H groups in total. The predicted octanol–water partition coefficient (Wildman–Crippen LogP) is 2.82. The van der Waals surface area contributed by atoms with Crippen LogP contribution in [0.4, 0.5) is 6.01 Å². The fraction of sp³-hybridized carbons (Fsp3) is 0.500. The molecule has 6 heteroatoms. The van der Waals surface area contributed by atoms with Crippen LogP contribution in [0.15, 0.2) is 34.7 Å². The standard InChI is InChI=1S/C18H24N4O2/c1-3-14(4-2)17(23)21-10-12-22(13-11-21)18-20-19-16(24-18)15-8-6-5-7-9-15/h5-9,14H,3-4,10-13H2,1-2H3. The number of benzene rings is 1. The first kappa shape index (κ1) is 16.5. The lowest BCUT2D eigenvalue weighted by atomic mass is 10.0. The molecule has 1 aromatic heterocycles. The van der Waals surface area contributed by atoms with Gasteiger partial charge in [-0.05, 0) is 25.0 Å². The molecule has 0 bridgehead atoms. The van der Waals surface area contributed by atoms with Gasteiger partial charge < -0.3 is 14.2 Å². The van der Waals surface area contributed by atoms with E-state index in [9.17, 15) is 4.79 Å². The lowest BCUT2D eigenvalue weighted by molar-refractivity contribution is -0.136. The molecule has 24 heavy (non-hydrogen) atoms. The van der Waals surface area contributed by atoms with E-state index in [-0.39, 0.29) is 11.8 Å². The molecule has 0 saturated carbocycles. The molecule has 1 aliphatic rings. The number of carbonyl (C=O) groups excluding carboxylic acids is 1. The molecule has 1 aliphatic heterocycles. The van der Waals surface area contributed by atoms with Crippen molar-refractivity contribution in [3.05, 3.63) is 30.3 Å². The van der Waals surface area contributed by atoms with E-state index >= 15 is 0 Å². The summed E-state index contributed by atoms with van der Waals surface area (Å²) in [6.45, 7) is 7.01. The van der Waals surface area contributed by atoms with Gasteiger partial charge in [-0.25, -0.2) is 0 Å². The number of piperazine rings is 1. The summed E-state index contributed by atoms with van der Waals surface area (Å²) in [4.78, 5) is 16.5. The second kappa shape index (κ2) is 7.47. The van der Waals surface area contributed by atoms with Gasteiger partial charge in [0.1, 0.15) is 0 Å². The molecule has 2 heterocycles.